The van der Waals surface area contributed by atoms with Crippen molar-refractivity contribution in [2.75, 3.05) is 0 Å². The second-order valence-corrected chi connectivity index (χ2v) is 3.47. The summed E-state index contributed by atoms with van der Waals surface area (Å²) in [5.41, 5.74) is 0.537. The zero-order chi connectivity index (χ0) is 10.5. The fraction of sp³-hybridized carbons (Fsp3) is 0.300. The number of phenolic OH excluding ortho intramolecular Hbond substituents is 1. The van der Waals surface area contributed by atoms with E-state index >= 15 is 0 Å². The van der Waals surface area contributed by atoms with Crippen LogP contribution in [-0.2, 0) is 6.42 Å². The van der Waals surface area contributed by atoms with Crippen molar-refractivity contribution in [3.05, 3.63) is 28.8 Å². The monoisotopic (exact) mass is 198 g/mol. The molecule has 2 nitrogen and oxygen atoms in total. The predicted octanol–water partition coefficient (Wildman–Crippen LogP) is 2.07. The molecule has 2 rings (SSSR count). The Bertz CT molecular complexity index is 424. The number of fused-ring (bicyclic) bond motifs is 1. The molecule has 0 atom stereocenters. The van der Waals surface area contributed by atoms with E-state index in [2.05, 4.69) is 0 Å². The van der Waals surface area contributed by atoms with Gasteiger partial charge < -0.3 is 5.11 Å². The van der Waals surface area contributed by atoms with Crippen LogP contribution in [0, 0.1) is 6.92 Å². The molecule has 0 saturated carbocycles. The van der Waals surface area contributed by atoms with E-state index in [1.54, 1.807) is 6.92 Å². The number of Topliss-reactive ketones (excluding diaryl/α,β-unsaturated/α-hetero) is 1. The Morgan fingerprint density at radius 1 is 1.43 bits per heavy atom. The molecule has 0 fully saturated rings. The van der Waals surface area contributed by atoms with Gasteiger partial charge in [-0.05, 0) is 18.6 Å². The van der Waals surface area contributed by atoms with Gasteiger partial charge >= 0.3 is 5.92 Å². The van der Waals surface area contributed by atoms with Gasteiger partial charge in [-0.15, -0.1) is 0 Å². The average molecular weight is 198 g/mol. The number of benzene rings is 1. The number of halogens is 2. The highest BCUT2D eigenvalue weighted by Crippen LogP contribution is 2.40. The Kier molecular flexibility index (Phi) is 1.65. The highest BCUT2D eigenvalue weighted by molar-refractivity contribution is 6.07. The molecule has 1 N–H and O–H groups in total. The van der Waals surface area contributed by atoms with Gasteiger partial charge in [0, 0.05) is 17.5 Å². The number of carbonyl (C=O) groups is 1. The summed E-state index contributed by atoms with van der Waals surface area (Å²) in [6.07, 6.45) is -0.686. The Balaban J connectivity index is 2.70. The van der Waals surface area contributed by atoms with Crippen LogP contribution in [0.4, 0.5) is 8.78 Å². The fourth-order valence-electron chi connectivity index (χ4n) is 1.73. The van der Waals surface area contributed by atoms with Crippen molar-refractivity contribution in [3.63, 3.8) is 0 Å². The van der Waals surface area contributed by atoms with Gasteiger partial charge in [-0.3, -0.25) is 4.79 Å². The van der Waals surface area contributed by atoms with Crippen LogP contribution in [0.3, 0.4) is 0 Å². The van der Waals surface area contributed by atoms with Gasteiger partial charge in [-0.2, -0.15) is 8.78 Å². The number of aryl methyl sites for hydroxylation is 1. The molecule has 0 aliphatic heterocycles. The molecule has 0 bridgehead atoms. The first-order valence-electron chi connectivity index (χ1n) is 4.17. The number of aromatic hydroxyl groups is 1. The molecule has 0 spiro atoms. The van der Waals surface area contributed by atoms with E-state index in [1.165, 1.54) is 12.1 Å². The summed E-state index contributed by atoms with van der Waals surface area (Å²) < 4.78 is 26.1. The van der Waals surface area contributed by atoms with Crippen LogP contribution in [0.25, 0.3) is 0 Å². The van der Waals surface area contributed by atoms with E-state index in [4.69, 9.17) is 0 Å². The topological polar surface area (TPSA) is 37.3 Å². The summed E-state index contributed by atoms with van der Waals surface area (Å²) in [5.74, 6) is -4.76. The maximum atomic E-state index is 13.0. The molecule has 14 heavy (non-hydrogen) atoms. The van der Waals surface area contributed by atoms with Crippen LogP contribution in [0.2, 0.25) is 0 Å². The minimum absolute atomic E-state index is 0.0185. The molecule has 1 aromatic rings. The zero-order valence-electron chi connectivity index (χ0n) is 7.47. The largest absolute Gasteiger partial charge is 0.508 e. The average Bonchev–Trinajstić information content (AvgIpc) is 2.33. The van der Waals surface area contributed by atoms with Crippen molar-refractivity contribution in [2.45, 2.75) is 19.3 Å². The molecule has 1 aromatic carbocycles. The van der Waals surface area contributed by atoms with Crippen molar-refractivity contribution in [3.8, 4) is 5.75 Å². The smallest absolute Gasteiger partial charge is 0.313 e. The number of rotatable bonds is 0. The molecule has 74 valence electrons. The molecule has 1 aliphatic rings. The summed E-state index contributed by atoms with van der Waals surface area (Å²) in [7, 11) is 0. The summed E-state index contributed by atoms with van der Waals surface area (Å²) in [6, 6.07) is 2.80. The van der Waals surface area contributed by atoms with Gasteiger partial charge in [0.15, 0.2) is 0 Å². The van der Waals surface area contributed by atoms with Crippen molar-refractivity contribution in [1.29, 1.82) is 0 Å². The molecule has 4 heteroatoms. The predicted molar refractivity (Wildman–Crippen MR) is 45.8 cm³/mol. The first-order valence-corrected chi connectivity index (χ1v) is 4.17. The van der Waals surface area contributed by atoms with E-state index in [1.807, 2.05) is 0 Å². The van der Waals surface area contributed by atoms with Gasteiger partial charge in [0.25, 0.3) is 0 Å². The maximum absolute atomic E-state index is 13.0. The molecule has 1 aliphatic carbocycles. The number of carbonyl (C=O) groups excluding carboxylic acids is 1. The number of hydrogen-bond acceptors (Lipinski definition) is 2. The lowest BCUT2D eigenvalue weighted by Crippen LogP contribution is -2.24. The van der Waals surface area contributed by atoms with Gasteiger partial charge in [-0.25, -0.2) is 0 Å². The van der Waals surface area contributed by atoms with Crippen molar-refractivity contribution in [1.82, 2.24) is 0 Å². The maximum Gasteiger partial charge on any atom is 0.313 e. The second-order valence-electron chi connectivity index (χ2n) is 3.47. The van der Waals surface area contributed by atoms with E-state index < -0.39 is 18.1 Å². The number of hydrogen-bond donors (Lipinski definition) is 1. The molecule has 0 heterocycles. The first kappa shape index (κ1) is 9.12. The summed E-state index contributed by atoms with van der Waals surface area (Å²) in [5, 5.41) is 9.32. The third-order valence-corrected chi connectivity index (χ3v) is 2.45. The van der Waals surface area contributed by atoms with Crippen LogP contribution in [0.5, 0.6) is 5.75 Å². The lowest BCUT2D eigenvalue weighted by atomic mass is 10.0. The third kappa shape index (κ3) is 1.03. The normalized spacial score (nSPS) is 18.4. The van der Waals surface area contributed by atoms with Crippen LogP contribution in [0.15, 0.2) is 12.1 Å². The Morgan fingerprint density at radius 2 is 2.07 bits per heavy atom. The van der Waals surface area contributed by atoms with E-state index in [9.17, 15) is 18.7 Å². The second kappa shape index (κ2) is 2.53. The quantitative estimate of drug-likeness (QED) is 0.692. The van der Waals surface area contributed by atoms with Gasteiger partial charge in [-0.1, -0.05) is 6.07 Å². The van der Waals surface area contributed by atoms with E-state index in [-0.39, 0.29) is 16.9 Å². The van der Waals surface area contributed by atoms with E-state index in [0.29, 0.717) is 5.56 Å². The van der Waals surface area contributed by atoms with Crippen LogP contribution >= 0.6 is 0 Å². The fourth-order valence-corrected chi connectivity index (χ4v) is 1.73. The standard InChI is InChI=1S/C10H8F2O2/c1-5-2-3-7(13)6-4-10(11,12)9(14)8(5)6/h2-3,13H,4H2,1H3. The van der Waals surface area contributed by atoms with Crippen molar-refractivity contribution >= 4 is 5.78 Å². The van der Waals surface area contributed by atoms with Gasteiger partial charge in [0.1, 0.15) is 5.75 Å². The molecule has 0 radical (unpaired) electrons. The molecular formula is C10H8F2O2. The van der Waals surface area contributed by atoms with Crippen LogP contribution < -0.4 is 0 Å². The highest BCUT2D eigenvalue weighted by atomic mass is 19.3. The molecule has 0 saturated heterocycles. The number of ketones is 1. The Labute approximate surface area is 79.2 Å². The third-order valence-electron chi connectivity index (χ3n) is 2.45. The minimum atomic E-state index is -3.36. The van der Waals surface area contributed by atoms with Crippen LogP contribution in [-0.4, -0.2) is 16.8 Å². The minimum Gasteiger partial charge on any atom is -0.508 e. The number of phenols is 1. The summed E-state index contributed by atoms with van der Waals surface area (Å²) in [4.78, 5) is 11.2. The van der Waals surface area contributed by atoms with Gasteiger partial charge in [0.05, 0.1) is 0 Å². The summed E-state index contributed by atoms with van der Waals surface area (Å²) in [6.45, 7) is 1.58. The molecule has 0 aromatic heterocycles. The molecular weight excluding hydrogens is 190 g/mol. The molecule has 0 amide bonds. The van der Waals surface area contributed by atoms with Crippen molar-refractivity contribution < 1.29 is 18.7 Å². The highest BCUT2D eigenvalue weighted by Gasteiger charge is 2.48. The molecule has 0 unspecified atom stereocenters. The van der Waals surface area contributed by atoms with Crippen LogP contribution in [0.1, 0.15) is 21.5 Å². The Morgan fingerprint density at radius 3 is 2.64 bits per heavy atom. The zero-order valence-corrected chi connectivity index (χ0v) is 7.47. The van der Waals surface area contributed by atoms with E-state index in [0.717, 1.165) is 0 Å². The lowest BCUT2D eigenvalue weighted by molar-refractivity contribution is 0.0166. The SMILES string of the molecule is Cc1ccc(O)c2c1C(=O)C(F)(F)C2. The Hall–Kier alpha value is -1.45. The lowest BCUT2D eigenvalue weighted by Gasteiger charge is -2.03. The summed E-state index contributed by atoms with van der Waals surface area (Å²) >= 11 is 0. The van der Waals surface area contributed by atoms with Crippen molar-refractivity contribution in [2.24, 2.45) is 0 Å². The number of alkyl halides is 2. The first-order chi connectivity index (χ1) is 6.43. The van der Waals surface area contributed by atoms with Gasteiger partial charge in [0.2, 0.25) is 5.78 Å².